The van der Waals surface area contributed by atoms with Crippen LogP contribution in [-0.4, -0.2) is 43.7 Å². The Morgan fingerprint density at radius 2 is 1.79 bits per heavy atom. The molecule has 0 atom stereocenters. The van der Waals surface area contributed by atoms with Gasteiger partial charge < -0.3 is 19.5 Å². The average molecular weight is 468 g/mol. The summed E-state index contributed by atoms with van der Waals surface area (Å²) in [5, 5.41) is 3.65. The number of nitrogens with one attached hydrogen (secondary N) is 1. The third kappa shape index (κ3) is 5.64. The average Bonchev–Trinajstić information content (AvgIpc) is 3.24. The van der Waals surface area contributed by atoms with Gasteiger partial charge in [0, 0.05) is 30.9 Å². The summed E-state index contributed by atoms with van der Waals surface area (Å²) in [6, 6.07) is 14.2. The molecule has 0 fully saturated rings. The highest BCUT2D eigenvalue weighted by Crippen LogP contribution is 2.38. The molecule has 7 nitrogen and oxygen atoms in total. The summed E-state index contributed by atoms with van der Waals surface area (Å²) < 4.78 is 16.2. The fourth-order valence-corrected chi connectivity index (χ4v) is 4.98. The fourth-order valence-electron chi connectivity index (χ4n) is 4.00. The van der Waals surface area contributed by atoms with Crippen molar-refractivity contribution >= 4 is 22.4 Å². The molecule has 0 aliphatic carbocycles. The Morgan fingerprint density at radius 1 is 1.06 bits per heavy atom. The van der Waals surface area contributed by atoms with Gasteiger partial charge in [0.1, 0.15) is 0 Å². The molecule has 33 heavy (non-hydrogen) atoms. The van der Waals surface area contributed by atoms with E-state index in [2.05, 4.69) is 34.5 Å². The van der Waals surface area contributed by atoms with Crippen molar-refractivity contribution in [3.05, 3.63) is 64.2 Å². The number of anilines is 1. The Kier molecular flexibility index (Phi) is 7.47. The van der Waals surface area contributed by atoms with Gasteiger partial charge in [0.25, 0.3) is 0 Å². The van der Waals surface area contributed by atoms with Crippen LogP contribution in [0.25, 0.3) is 0 Å². The summed E-state index contributed by atoms with van der Waals surface area (Å²) in [4.78, 5) is 21.0. The van der Waals surface area contributed by atoms with Crippen LogP contribution in [0.5, 0.6) is 17.2 Å². The Bertz CT molecular complexity index is 1080. The summed E-state index contributed by atoms with van der Waals surface area (Å²) in [5.74, 6) is 1.65. The van der Waals surface area contributed by atoms with Crippen LogP contribution in [0.2, 0.25) is 0 Å². The van der Waals surface area contributed by atoms with Gasteiger partial charge in [-0.15, -0.1) is 11.3 Å². The highest BCUT2D eigenvalue weighted by molar-refractivity contribution is 7.15. The number of aryl methyl sites for hydroxylation is 1. The third-order valence-electron chi connectivity index (χ3n) is 5.67. The quantitative estimate of drug-likeness (QED) is 0.506. The van der Waals surface area contributed by atoms with Crippen LogP contribution in [0, 0.1) is 0 Å². The Balaban J connectivity index is 1.34. The molecule has 1 amide bonds. The molecule has 174 valence electrons. The molecular weight excluding hydrogens is 438 g/mol. The van der Waals surface area contributed by atoms with Crippen LogP contribution in [0.3, 0.4) is 0 Å². The highest BCUT2D eigenvalue weighted by Gasteiger charge is 2.21. The van der Waals surface area contributed by atoms with Crippen LogP contribution in [0.15, 0.2) is 42.5 Å². The van der Waals surface area contributed by atoms with Crippen molar-refractivity contribution in [2.45, 2.75) is 32.4 Å². The summed E-state index contributed by atoms with van der Waals surface area (Å²) in [5.41, 5.74) is 3.31. The number of benzene rings is 2. The number of nitrogens with zero attached hydrogens (tertiary/aromatic N) is 2. The van der Waals surface area contributed by atoms with Crippen LogP contribution in [-0.2, 0) is 30.7 Å². The summed E-state index contributed by atoms with van der Waals surface area (Å²) in [6.45, 7) is 2.72. The third-order valence-corrected chi connectivity index (χ3v) is 6.74. The second kappa shape index (κ2) is 10.7. The summed E-state index contributed by atoms with van der Waals surface area (Å²) in [6.07, 6.45) is 1.85. The molecule has 0 radical (unpaired) electrons. The minimum atomic E-state index is -0.0593. The number of hydrogen-bond acceptors (Lipinski definition) is 7. The molecule has 8 heteroatoms. The van der Waals surface area contributed by atoms with E-state index in [0.29, 0.717) is 35.2 Å². The van der Waals surface area contributed by atoms with E-state index in [1.807, 2.05) is 18.2 Å². The zero-order chi connectivity index (χ0) is 23.2. The number of ether oxygens (including phenoxy) is 3. The molecule has 2 heterocycles. The fraction of sp³-hybridized carbons (Fsp3) is 0.360. The first kappa shape index (κ1) is 23.1. The second-order valence-electron chi connectivity index (χ2n) is 7.92. The maximum absolute atomic E-state index is 12.6. The lowest BCUT2D eigenvalue weighted by Crippen LogP contribution is -2.29. The van der Waals surface area contributed by atoms with Crippen LogP contribution >= 0.6 is 11.3 Å². The molecule has 1 aromatic heterocycles. The van der Waals surface area contributed by atoms with Gasteiger partial charge >= 0.3 is 0 Å². The van der Waals surface area contributed by atoms with Crippen LogP contribution in [0.4, 0.5) is 5.13 Å². The molecule has 2 aromatic carbocycles. The number of carbonyl (C=O) groups excluding carboxylic acids is 1. The Labute approximate surface area is 198 Å². The van der Waals surface area contributed by atoms with Crippen molar-refractivity contribution in [1.29, 1.82) is 0 Å². The zero-order valence-electron chi connectivity index (χ0n) is 19.2. The number of amides is 1. The maximum atomic E-state index is 12.6. The van der Waals surface area contributed by atoms with Crippen molar-refractivity contribution in [3.8, 4) is 17.2 Å². The summed E-state index contributed by atoms with van der Waals surface area (Å²) >= 11 is 1.58. The first-order valence-corrected chi connectivity index (χ1v) is 11.7. The predicted octanol–water partition coefficient (Wildman–Crippen LogP) is 4.30. The Morgan fingerprint density at radius 3 is 2.45 bits per heavy atom. The van der Waals surface area contributed by atoms with Gasteiger partial charge in [-0.3, -0.25) is 9.69 Å². The van der Waals surface area contributed by atoms with E-state index in [-0.39, 0.29) is 5.91 Å². The van der Waals surface area contributed by atoms with Gasteiger partial charge in [-0.25, -0.2) is 4.98 Å². The van der Waals surface area contributed by atoms with Crippen molar-refractivity contribution in [2.24, 2.45) is 0 Å². The van der Waals surface area contributed by atoms with Gasteiger partial charge in [0.15, 0.2) is 16.6 Å². The minimum absolute atomic E-state index is 0.0593. The Hall–Kier alpha value is -3.10. The molecular formula is C25H29N3O4S. The number of hydrogen-bond donors (Lipinski definition) is 1. The lowest BCUT2D eigenvalue weighted by molar-refractivity contribution is -0.116. The number of thiazole rings is 1. The number of fused-ring (bicyclic) bond motifs is 1. The van der Waals surface area contributed by atoms with E-state index >= 15 is 0 Å². The molecule has 4 rings (SSSR count). The SMILES string of the molecule is COc1cc(CCC(=O)Nc2nc3c(s2)CCN(Cc2ccccc2)C3)cc(OC)c1OC. The van der Waals surface area contributed by atoms with Gasteiger partial charge in [-0.05, 0) is 36.1 Å². The molecule has 0 bridgehead atoms. The van der Waals surface area contributed by atoms with E-state index < -0.39 is 0 Å². The van der Waals surface area contributed by atoms with Crippen molar-refractivity contribution in [3.63, 3.8) is 0 Å². The van der Waals surface area contributed by atoms with E-state index in [0.717, 1.165) is 37.3 Å². The van der Waals surface area contributed by atoms with Crippen LogP contribution < -0.4 is 19.5 Å². The molecule has 3 aromatic rings. The number of aromatic nitrogens is 1. The lowest BCUT2D eigenvalue weighted by Gasteiger charge is -2.25. The van der Waals surface area contributed by atoms with E-state index in [9.17, 15) is 4.79 Å². The standard InChI is InChI=1S/C25H29N3O4S/c1-30-20-13-18(14-21(31-2)24(20)32-3)9-10-23(29)27-25-26-19-16-28(12-11-22(19)33-25)15-17-7-5-4-6-8-17/h4-8,13-14H,9-12,15-16H2,1-3H3,(H,26,27,29). The zero-order valence-corrected chi connectivity index (χ0v) is 20.0. The minimum Gasteiger partial charge on any atom is -0.493 e. The van der Waals surface area contributed by atoms with Crippen molar-refractivity contribution in [2.75, 3.05) is 33.2 Å². The monoisotopic (exact) mass is 467 g/mol. The number of carbonyl (C=O) groups is 1. The van der Waals surface area contributed by atoms with Crippen molar-refractivity contribution < 1.29 is 19.0 Å². The second-order valence-corrected chi connectivity index (χ2v) is 9.00. The molecule has 0 saturated heterocycles. The van der Waals surface area contributed by atoms with Gasteiger partial charge in [0.2, 0.25) is 11.7 Å². The molecule has 1 aliphatic rings. The smallest absolute Gasteiger partial charge is 0.226 e. The van der Waals surface area contributed by atoms with E-state index in [1.54, 1.807) is 32.7 Å². The molecule has 1 N–H and O–H groups in total. The predicted molar refractivity (Wildman–Crippen MR) is 129 cm³/mol. The lowest BCUT2D eigenvalue weighted by atomic mass is 10.1. The maximum Gasteiger partial charge on any atom is 0.226 e. The van der Waals surface area contributed by atoms with Gasteiger partial charge in [-0.1, -0.05) is 30.3 Å². The molecule has 0 spiro atoms. The van der Waals surface area contributed by atoms with Gasteiger partial charge in [0.05, 0.1) is 27.0 Å². The van der Waals surface area contributed by atoms with Crippen molar-refractivity contribution in [1.82, 2.24) is 9.88 Å². The molecule has 0 unspecified atom stereocenters. The largest absolute Gasteiger partial charge is 0.493 e. The van der Waals surface area contributed by atoms with Crippen LogP contribution in [0.1, 0.15) is 28.1 Å². The topological polar surface area (TPSA) is 72.9 Å². The summed E-state index contributed by atoms with van der Waals surface area (Å²) in [7, 11) is 4.74. The van der Waals surface area contributed by atoms with E-state index in [4.69, 9.17) is 19.2 Å². The first-order valence-electron chi connectivity index (χ1n) is 10.9. The number of methoxy groups -OCH3 is 3. The normalized spacial score (nSPS) is 13.3. The molecule has 1 aliphatic heterocycles. The molecule has 0 saturated carbocycles. The highest BCUT2D eigenvalue weighted by atomic mass is 32.1. The first-order chi connectivity index (χ1) is 16.1. The van der Waals surface area contributed by atoms with Gasteiger partial charge in [-0.2, -0.15) is 0 Å². The van der Waals surface area contributed by atoms with E-state index in [1.165, 1.54) is 10.4 Å². The number of rotatable bonds is 9.